The van der Waals surface area contributed by atoms with Crippen molar-refractivity contribution in [1.82, 2.24) is 0 Å². The predicted molar refractivity (Wildman–Crippen MR) is 123 cm³/mol. The molecule has 28 heavy (non-hydrogen) atoms. The molecule has 0 N–H and O–H groups in total. The molecule has 3 heteroatoms. The molecule has 1 aromatic heterocycles. The Morgan fingerprint density at radius 2 is 1.04 bits per heavy atom. The minimum atomic E-state index is 0.199. The number of fused-ring (bicyclic) bond motifs is 1. The Labute approximate surface area is 178 Å². The lowest BCUT2D eigenvalue weighted by molar-refractivity contribution is 0.0779. The number of hydrogen-bond donors (Lipinski definition) is 0. The third-order valence-electron chi connectivity index (χ3n) is 6.32. The van der Waals surface area contributed by atoms with Crippen LogP contribution in [0.3, 0.4) is 0 Å². The van der Waals surface area contributed by atoms with Gasteiger partial charge in [0, 0.05) is 15.2 Å². The lowest BCUT2D eigenvalue weighted by atomic mass is 9.79. The first-order valence-corrected chi connectivity index (χ1v) is 12.8. The molecule has 162 valence electrons. The van der Waals surface area contributed by atoms with Crippen molar-refractivity contribution in [3.63, 3.8) is 0 Å². The van der Waals surface area contributed by atoms with Crippen LogP contribution in [0.15, 0.2) is 0 Å². The van der Waals surface area contributed by atoms with Crippen LogP contribution in [0.5, 0.6) is 11.5 Å². The lowest BCUT2D eigenvalue weighted by Crippen LogP contribution is -2.33. The topological polar surface area (TPSA) is 18.5 Å². The summed E-state index contributed by atoms with van der Waals surface area (Å²) < 4.78 is 12.8. The highest BCUT2D eigenvalue weighted by atomic mass is 32.1. The van der Waals surface area contributed by atoms with E-state index in [2.05, 4.69) is 27.7 Å². The molecule has 1 aliphatic heterocycles. The van der Waals surface area contributed by atoms with Crippen LogP contribution in [-0.4, -0.2) is 13.2 Å². The molecule has 0 aromatic carbocycles. The van der Waals surface area contributed by atoms with Crippen molar-refractivity contribution in [2.45, 2.75) is 118 Å². The number of hydrogen-bond acceptors (Lipinski definition) is 3. The normalized spacial score (nSPS) is 15.6. The first kappa shape index (κ1) is 23.6. The van der Waals surface area contributed by atoms with Crippen molar-refractivity contribution >= 4 is 11.3 Å². The second kappa shape index (κ2) is 12.8. The van der Waals surface area contributed by atoms with E-state index in [1.165, 1.54) is 99.6 Å². The van der Waals surface area contributed by atoms with Crippen molar-refractivity contribution in [1.29, 1.82) is 0 Å². The Morgan fingerprint density at radius 1 is 0.643 bits per heavy atom. The molecule has 0 atom stereocenters. The molecular formula is C25H44O2S. The van der Waals surface area contributed by atoms with Gasteiger partial charge in [0.1, 0.15) is 0 Å². The molecule has 0 aliphatic carbocycles. The standard InChI is InChI=1S/C25H44O2S/c1-5-7-9-11-13-15-17-25(18-16-14-12-10-8-6-2)19-26-23-21(3)28-22(4)24(23)27-20-25/h5-20H2,1-4H3. The lowest BCUT2D eigenvalue weighted by Gasteiger charge is -2.31. The molecule has 2 rings (SSSR count). The molecule has 2 heterocycles. The van der Waals surface area contributed by atoms with Crippen LogP contribution in [0.4, 0.5) is 0 Å². The van der Waals surface area contributed by atoms with E-state index in [0.717, 1.165) is 24.7 Å². The average Bonchev–Trinajstić information content (AvgIpc) is 2.84. The van der Waals surface area contributed by atoms with Crippen molar-refractivity contribution in [2.24, 2.45) is 5.41 Å². The Balaban J connectivity index is 1.89. The molecule has 0 fully saturated rings. The Morgan fingerprint density at radius 3 is 1.46 bits per heavy atom. The summed E-state index contributed by atoms with van der Waals surface area (Å²) in [5, 5.41) is 0. The van der Waals surface area contributed by atoms with Crippen LogP contribution in [-0.2, 0) is 0 Å². The van der Waals surface area contributed by atoms with E-state index < -0.39 is 0 Å². The zero-order valence-corrected chi connectivity index (χ0v) is 19.9. The summed E-state index contributed by atoms with van der Waals surface area (Å²) in [5.74, 6) is 2.05. The van der Waals surface area contributed by atoms with Crippen LogP contribution in [0, 0.1) is 19.3 Å². The molecule has 1 aromatic rings. The molecule has 0 radical (unpaired) electrons. The molecule has 2 nitrogen and oxygen atoms in total. The maximum atomic E-state index is 6.39. The fraction of sp³-hybridized carbons (Fsp3) is 0.840. The summed E-state index contributed by atoms with van der Waals surface area (Å²) in [6.07, 6.45) is 18.8. The fourth-order valence-corrected chi connectivity index (χ4v) is 5.39. The van der Waals surface area contributed by atoms with Gasteiger partial charge in [-0.3, -0.25) is 0 Å². The quantitative estimate of drug-likeness (QED) is 0.287. The van der Waals surface area contributed by atoms with Gasteiger partial charge in [0.05, 0.1) is 13.2 Å². The van der Waals surface area contributed by atoms with Crippen molar-refractivity contribution in [3.05, 3.63) is 9.75 Å². The third-order valence-corrected chi connectivity index (χ3v) is 7.30. The van der Waals surface area contributed by atoms with E-state index >= 15 is 0 Å². The molecular weight excluding hydrogens is 364 g/mol. The second-order valence-electron chi connectivity index (χ2n) is 8.99. The summed E-state index contributed by atoms with van der Waals surface area (Å²) in [6.45, 7) is 10.6. The van der Waals surface area contributed by atoms with Gasteiger partial charge in [-0.05, 0) is 26.7 Å². The van der Waals surface area contributed by atoms with Crippen LogP contribution < -0.4 is 9.47 Å². The highest BCUT2D eigenvalue weighted by Gasteiger charge is 2.35. The number of rotatable bonds is 14. The minimum absolute atomic E-state index is 0.199. The van der Waals surface area contributed by atoms with E-state index in [9.17, 15) is 0 Å². The molecule has 0 amide bonds. The van der Waals surface area contributed by atoms with Gasteiger partial charge >= 0.3 is 0 Å². The number of unbranched alkanes of at least 4 members (excludes halogenated alkanes) is 10. The highest BCUT2D eigenvalue weighted by molar-refractivity contribution is 7.12. The third kappa shape index (κ3) is 7.28. The first-order valence-electron chi connectivity index (χ1n) is 12.0. The number of ether oxygens (including phenoxy) is 2. The average molecular weight is 409 g/mol. The molecule has 0 saturated heterocycles. The van der Waals surface area contributed by atoms with Gasteiger partial charge in [0.15, 0.2) is 11.5 Å². The van der Waals surface area contributed by atoms with Gasteiger partial charge in [-0.2, -0.15) is 0 Å². The second-order valence-corrected chi connectivity index (χ2v) is 10.4. The zero-order chi connectivity index (χ0) is 20.2. The Hall–Kier alpha value is -0.700. The largest absolute Gasteiger partial charge is 0.488 e. The molecule has 0 bridgehead atoms. The molecule has 1 aliphatic rings. The van der Waals surface area contributed by atoms with Gasteiger partial charge in [-0.1, -0.05) is 90.9 Å². The summed E-state index contributed by atoms with van der Waals surface area (Å²) in [7, 11) is 0. The zero-order valence-electron chi connectivity index (χ0n) is 19.0. The highest BCUT2D eigenvalue weighted by Crippen LogP contribution is 2.46. The van der Waals surface area contributed by atoms with E-state index in [4.69, 9.17) is 9.47 Å². The predicted octanol–water partition coefficient (Wildman–Crippen LogP) is 8.62. The Bertz CT molecular complexity index is 502. The number of aryl methyl sites for hydroxylation is 2. The Kier molecular flexibility index (Phi) is 10.8. The van der Waals surface area contributed by atoms with Crippen molar-refractivity contribution in [2.75, 3.05) is 13.2 Å². The van der Waals surface area contributed by atoms with Gasteiger partial charge in [-0.15, -0.1) is 11.3 Å². The first-order chi connectivity index (χ1) is 13.6. The maximum absolute atomic E-state index is 6.39. The van der Waals surface area contributed by atoms with E-state index in [-0.39, 0.29) is 5.41 Å². The monoisotopic (exact) mass is 408 g/mol. The van der Waals surface area contributed by atoms with Gasteiger partial charge < -0.3 is 9.47 Å². The molecule has 0 unspecified atom stereocenters. The van der Waals surface area contributed by atoms with Gasteiger partial charge in [0.2, 0.25) is 0 Å². The summed E-state index contributed by atoms with van der Waals surface area (Å²) in [6, 6.07) is 0. The van der Waals surface area contributed by atoms with Crippen molar-refractivity contribution < 1.29 is 9.47 Å². The molecule has 0 spiro atoms. The van der Waals surface area contributed by atoms with Gasteiger partial charge in [-0.25, -0.2) is 0 Å². The fourth-order valence-electron chi connectivity index (χ4n) is 4.44. The van der Waals surface area contributed by atoms with Crippen LogP contribution >= 0.6 is 11.3 Å². The van der Waals surface area contributed by atoms with E-state index in [0.29, 0.717) is 0 Å². The summed E-state index contributed by atoms with van der Waals surface area (Å²) in [5.41, 5.74) is 0.199. The maximum Gasteiger partial charge on any atom is 0.175 e. The van der Waals surface area contributed by atoms with Gasteiger partial charge in [0.25, 0.3) is 0 Å². The summed E-state index contributed by atoms with van der Waals surface area (Å²) >= 11 is 1.80. The molecule has 0 saturated carbocycles. The smallest absolute Gasteiger partial charge is 0.175 e. The van der Waals surface area contributed by atoms with E-state index in [1.807, 2.05) is 0 Å². The van der Waals surface area contributed by atoms with Crippen LogP contribution in [0.2, 0.25) is 0 Å². The van der Waals surface area contributed by atoms with E-state index in [1.54, 1.807) is 11.3 Å². The SMILES string of the molecule is CCCCCCCCC1(CCCCCCCC)COc2c(C)sc(C)c2OC1. The summed E-state index contributed by atoms with van der Waals surface area (Å²) in [4.78, 5) is 2.53. The van der Waals surface area contributed by atoms with Crippen LogP contribution in [0.25, 0.3) is 0 Å². The minimum Gasteiger partial charge on any atom is -0.488 e. The number of thiophene rings is 1. The van der Waals surface area contributed by atoms with Crippen LogP contribution in [0.1, 0.15) is 113 Å². The van der Waals surface area contributed by atoms with Crippen molar-refractivity contribution in [3.8, 4) is 11.5 Å².